The Labute approximate surface area is 122 Å². The second kappa shape index (κ2) is 5.44. The molecule has 5 heteroatoms. The first-order valence-electron chi connectivity index (χ1n) is 6.81. The first-order chi connectivity index (χ1) is 10.1. The molecule has 3 rings (SSSR count). The summed E-state index contributed by atoms with van der Waals surface area (Å²) in [6.07, 6.45) is 0.843. The van der Waals surface area contributed by atoms with Crippen LogP contribution in [0.2, 0.25) is 0 Å². The summed E-state index contributed by atoms with van der Waals surface area (Å²) in [6, 6.07) is 11.6. The van der Waals surface area contributed by atoms with Gasteiger partial charge in [0.2, 0.25) is 5.91 Å². The van der Waals surface area contributed by atoms with Crippen molar-refractivity contribution in [3.63, 3.8) is 0 Å². The van der Waals surface area contributed by atoms with Crippen LogP contribution in [0, 0.1) is 5.82 Å². The molecule has 1 aliphatic rings. The van der Waals surface area contributed by atoms with Gasteiger partial charge in [0, 0.05) is 29.2 Å². The fourth-order valence-electron chi connectivity index (χ4n) is 2.63. The Morgan fingerprint density at radius 1 is 1.29 bits per heavy atom. The van der Waals surface area contributed by atoms with Crippen molar-refractivity contribution in [3.05, 3.63) is 53.8 Å². The zero-order valence-electron chi connectivity index (χ0n) is 11.5. The normalized spacial score (nSPS) is 13.1. The SMILES string of the molecule is Nc1cccc2c1CCN2CC(=O)Nc1cccc(F)c1. The zero-order chi connectivity index (χ0) is 14.8. The van der Waals surface area contributed by atoms with Gasteiger partial charge in [-0.3, -0.25) is 4.79 Å². The fraction of sp³-hybridized carbons (Fsp3) is 0.188. The molecule has 0 atom stereocenters. The quantitative estimate of drug-likeness (QED) is 0.851. The highest BCUT2D eigenvalue weighted by atomic mass is 19.1. The highest BCUT2D eigenvalue weighted by Crippen LogP contribution is 2.31. The lowest BCUT2D eigenvalue weighted by Crippen LogP contribution is -2.31. The molecule has 0 saturated carbocycles. The number of hydrogen-bond donors (Lipinski definition) is 2. The molecule has 0 saturated heterocycles. The van der Waals surface area contributed by atoms with Gasteiger partial charge in [-0.05, 0) is 36.8 Å². The molecule has 2 aromatic carbocycles. The Hall–Kier alpha value is -2.56. The molecule has 108 valence electrons. The Morgan fingerprint density at radius 2 is 2.10 bits per heavy atom. The summed E-state index contributed by atoms with van der Waals surface area (Å²) >= 11 is 0. The number of nitrogen functional groups attached to an aromatic ring is 1. The predicted molar refractivity (Wildman–Crippen MR) is 81.8 cm³/mol. The smallest absolute Gasteiger partial charge is 0.243 e. The Bertz CT molecular complexity index is 687. The highest BCUT2D eigenvalue weighted by molar-refractivity contribution is 5.94. The number of rotatable bonds is 3. The van der Waals surface area contributed by atoms with Crippen LogP contribution >= 0.6 is 0 Å². The van der Waals surface area contributed by atoms with Crippen molar-refractivity contribution in [3.8, 4) is 0 Å². The van der Waals surface area contributed by atoms with Crippen LogP contribution in [0.1, 0.15) is 5.56 Å². The molecule has 4 nitrogen and oxygen atoms in total. The number of nitrogens with two attached hydrogens (primary N) is 1. The number of amides is 1. The Morgan fingerprint density at radius 3 is 2.90 bits per heavy atom. The molecule has 0 aliphatic carbocycles. The first kappa shape index (κ1) is 13.4. The van der Waals surface area contributed by atoms with Gasteiger partial charge in [-0.1, -0.05) is 12.1 Å². The molecular formula is C16H16FN3O. The maximum absolute atomic E-state index is 13.1. The standard InChI is InChI=1S/C16H16FN3O/c17-11-3-1-4-12(9-11)19-16(21)10-20-8-7-13-14(18)5-2-6-15(13)20/h1-6,9H,7-8,10,18H2,(H,19,21). The molecule has 1 aliphatic heterocycles. The molecule has 0 bridgehead atoms. The molecule has 0 fully saturated rings. The highest BCUT2D eigenvalue weighted by Gasteiger charge is 2.22. The van der Waals surface area contributed by atoms with Crippen molar-refractivity contribution in [2.75, 3.05) is 29.0 Å². The molecule has 1 heterocycles. The number of carbonyl (C=O) groups is 1. The maximum Gasteiger partial charge on any atom is 0.243 e. The van der Waals surface area contributed by atoms with Crippen molar-refractivity contribution < 1.29 is 9.18 Å². The Balaban J connectivity index is 1.69. The van der Waals surface area contributed by atoms with E-state index in [1.54, 1.807) is 12.1 Å². The molecule has 0 aromatic heterocycles. The largest absolute Gasteiger partial charge is 0.398 e. The average molecular weight is 285 g/mol. The summed E-state index contributed by atoms with van der Waals surface area (Å²) in [5.41, 5.74) is 9.26. The molecule has 21 heavy (non-hydrogen) atoms. The second-order valence-electron chi connectivity index (χ2n) is 5.07. The van der Waals surface area contributed by atoms with Crippen molar-refractivity contribution in [1.29, 1.82) is 0 Å². The Kier molecular flexibility index (Phi) is 3.48. The van der Waals surface area contributed by atoms with Crippen LogP contribution in [0.4, 0.5) is 21.5 Å². The maximum atomic E-state index is 13.1. The van der Waals surface area contributed by atoms with Crippen LogP contribution in [0.15, 0.2) is 42.5 Å². The van der Waals surface area contributed by atoms with Gasteiger partial charge in [0.05, 0.1) is 6.54 Å². The monoisotopic (exact) mass is 285 g/mol. The van der Waals surface area contributed by atoms with Crippen LogP contribution in [0.25, 0.3) is 0 Å². The minimum atomic E-state index is -0.368. The lowest BCUT2D eigenvalue weighted by Gasteiger charge is -2.19. The number of halogens is 1. The van der Waals surface area contributed by atoms with E-state index in [2.05, 4.69) is 5.32 Å². The van der Waals surface area contributed by atoms with Gasteiger partial charge in [-0.15, -0.1) is 0 Å². The van der Waals surface area contributed by atoms with Crippen molar-refractivity contribution in [2.24, 2.45) is 0 Å². The fourth-order valence-corrected chi connectivity index (χ4v) is 2.63. The van der Waals surface area contributed by atoms with E-state index in [4.69, 9.17) is 5.73 Å². The van der Waals surface area contributed by atoms with Gasteiger partial charge in [-0.2, -0.15) is 0 Å². The number of benzene rings is 2. The molecule has 1 amide bonds. The number of hydrogen-bond acceptors (Lipinski definition) is 3. The van der Waals surface area contributed by atoms with E-state index in [1.165, 1.54) is 12.1 Å². The number of anilines is 3. The van der Waals surface area contributed by atoms with E-state index < -0.39 is 0 Å². The number of carbonyl (C=O) groups excluding carboxylic acids is 1. The summed E-state index contributed by atoms with van der Waals surface area (Å²) in [4.78, 5) is 14.1. The van der Waals surface area contributed by atoms with E-state index in [9.17, 15) is 9.18 Å². The van der Waals surface area contributed by atoms with E-state index in [-0.39, 0.29) is 18.3 Å². The predicted octanol–water partition coefficient (Wildman–Crippen LogP) is 2.41. The minimum absolute atomic E-state index is 0.170. The lowest BCUT2D eigenvalue weighted by molar-refractivity contribution is -0.115. The summed E-state index contributed by atoms with van der Waals surface area (Å²) in [5, 5.41) is 2.70. The molecule has 3 N–H and O–H groups in total. The third-order valence-electron chi connectivity index (χ3n) is 3.60. The summed E-state index contributed by atoms with van der Waals surface area (Å²) in [7, 11) is 0. The third kappa shape index (κ3) is 2.81. The van der Waals surface area contributed by atoms with E-state index in [1.807, 2.05) is 23.1 Å². The molecule has 0 unspecified atom stereocenters. The van der Waals surface area contributed by atoms with Crippen LogP contribution < -0.4 is 16.0 Å². The lowest BCUT2D eigenvalue weighted by atomic mass is 10.1. The molecule has 0 spiro atoms. The zero-order valence-corrected chi connectivity index (χ0v) is 11.5. The van der Waals surface area contributed by atoms with Gasteiger partial charge in [0.1, 0.15) is 5.82 Å². The van der Waals surface area contributed by atoms with Gasteiger partial charge < -0.3 is 16.0 Å². The van der Waals surface area contributed by atoms with Gasteiger partial charge in [0.25, 0.3) is 0 Å². The molecular weight excluding hydrogens is 269 g/mol. The van der Waals surface area contributed by atoms with Crippen molar-refractivity contribution >= 4 is 23.0 Å². The third-order valence-corrected chi connectivity index (χ3v) is 3.60. The van der Waals surface area contributed by atoms with Crippen LogP contribution in [0.3, 0.4) is 0 Å². The van der Waals surface area contributed by atoms with Crippen LogP contribution in [-0.2, 0) is 11.2 Å². The summed E-state index contributed by atoms with van der Waals surface area (Å²) in [6.45, 7) is 0.993. The van der Waals surface area contributed by atoms with Crippen LogP contribution in [-0.4, -0.2) is 19.0 Å². The van der Waals surface area contributed by atoms with E-state index in [0.29, 0.717) is 5.69 Å². The van der Waals surface area contributed by atoms with Crippen LogP contribution in [0.5, 0.6) is 0 Å². The number of nitrogens with one attached hydrogen (secondary N) is 1. The van der Waals surface area contributed by atoms with E-state index in [0.717, 1.165) is 29.9 Å². The second-order valence-corrected chi connectivity index (χ2v) is 5.07. The molecule has 2 aromatic rings. The van der Waals surface area contributed by atoms with E-state index >= 15 is 0 Å². The summed E-state index contributed by atoms with van der Waals surface area (Å²) in [5.74, 6) is -0.539. The average Bonchev–Trinajstić information content (AvgIpc) is 2.83. The summed E-state index contributed by atoms with van der Waals surface area (Å²) < 4.78 is 13.1. The first-order valence-corrected chi connectivity index (χ1v) is 6.81. The molecule has 0 radical (unpaired) electrons. The topological polar surface area (TPSA) is 58.4 Å². The van der Waals surface area contributed by atoms with Gasteiger partial charge >= 0.3 is 0 Å². The number of nitrogens with zero attached hydrogens (tertiary/aromatic N) is 1. The number of fused-ring (bicyclic) bond motifs is 1. The minimum Gasteiger partial charge on any atom is -0.398 e. The van der Waals surface area contributed by atoms with Gasteiger partial charge in [0.15, 0.2) is 0 Å². The van der Waals surface area contributed by atoms with Gasteiger partial charge in [-0.25, -0.2) is 4.39 Å². The van der Waals surface area contributed by atoms with Crippen molar-refractivity contribution in [2.45, 2.75) is 6.42 Å². The van der Waals surface area contributed by atoms with Crippen molar-refractivity contribution in [1.82, 2.24) is 0 Å².